The van der Waals surface area contributed by atoms with Gasteiger partial charge in [-0.15, -0.1) is 11.3 Å². The third-order valence-electron chi connectivity index (χ3n) is 6.08. The van der Waals surface area contributed by atoms with E-state index in [-0.39, 0.29) is 11.8 Å². The second kappa shape index (κ2) is 7.71. The maximum Gasteiger partial charge on any atom is 0.230 e. The number of carbonyl (C=O) groups excluding carboxylic acids is 1. The number of nitrogens with one attached hydrogen (secondary N) is 1. The molecule has 0 bridgehead atoms. The van der Waals surface area contributed by atoms with E-state index in [9.17, 15) is 4.79 Å². The zero-order valence-electron chi connectivity index (χ0n) is 16.6. The first-order chi connectivity index (χ1) is 14.2. The predicted octanol–water partition coefficient (Wildman–Crippen LogP) is 4.07. The third kappa shape index (κ3) is 3.59. The summed E-state index contributed by atoms with van der Waals surface area (Å²) in [5.74, 6) is 2.34. The van der Waals surface area contributed by atoms with Crippen molar-refractivity contribution in [2.45, 2.75) is 39.0 Å². The summed E-state index contributed by atoms with van der Waals surface area (Å²) in [5, 5.41) is 4.19. The van der Waals surface area contributed by atoms with E-state index in [0.717, 1.165) is 48.8 Å². The highest BCUT2D eigenvalue weighted by atomic mass is 32.1. The minimum atomic E-state index is -0.0646. The van der Waals surface area contributed by atoms with Crippen LogP contribution in [0.5, 0.6) is 0 Å². The van der Waals surface area contributed by atoms with Crippen molar-refractivity contribution in [1.82, 2.24) is 15.0 Å². The van der Waals surface area contributed by atoms with Crippen molar-refractivity contribution in [2.75, 3.05) is 23.3 Å². The standard InChI is InChI=1S/C22H25N5OS/c1-14-7-8-16-17(11-14)29-22-19(16)20(24-13-25-22)27-10-4-5-15(12-27)21(28)26-18-6-2-3-9-23-18/h2-3,6,9,13-15H,4-5,7-8,10-12H2,1H3,(H,23,26,28)/t14-,15-/m0/s1. The van der Waals surface area contributed by atoms with Gasteiger partial charge in [0, 0.05) is 24.2 Å². The predicted molar refractivity (Wildman–Crippen MR) is 116 cm³/mol. The summed E-state index contributed by atoms with van der Waals surface area (Å²) in [5.41, 5.74) is 1.44. The molecular weight excluding hydrogens is 382 g/mol. The van der Waals surface area contributed by atoms with E-state index in [0.29, 0.717) is 12.4 Å². The van der Waals surface area contributed by atoms with Gasteiger partial charge in [-0.25, -0.2) is 15.0 Å². The van der Waals surface area contributed by atoms with Crippen LogP contribution < -0.4 is 10.2 Å². The van der Waals surface area contributed by atoms with E-state index >= 15 is 0 Å². The number of hydrogen-bond acceptors (Lipinski definition) is 6. The number of amides is 1. The van der Waals surface area contributed by atoms with Crippen LogP contribution in [0.4, 0.5) is 11.6 Å². The van der Waals surface area contributed by atoms with E-state index in [1.807, 2.05) is 29.5 Å². The number of pyridine rings is 1. The van der Waals surface area contributed by atoms with Gasteiger partial charge in [0.15, 0.2) is 0 Å². The van der Waals surface area contributed by atoms with Crippen LogP contribution in [0.1, 0.15) is 36.6 Å². The molecule has 5 rings (SSSR count). The van der Waals surface area contributed by atoms with E-state index in [4.69, 9.17) is 0 Å². The van der Waals surface area contributed by atoms with Crippen molar-refractivity contribution in [3.63, 3.8) is 0 Å². The highest BCUT2D eigenvalue weighted by Gasteiger charge is 2.30. The smallest absolute Gasteiger partial charge is 0.230 e. The molecule has 4 heterocycles. The van der Waals surface area contributed by atoms with Gasteiger partial charge in [-0.2, -0.15) is 0 Å². The van der Waals surface area contributed by atoms with Gasteiger partial charge in [0.1, 0.15) is 22.8 Å². The van der Waals surface area contributed by atoms with Gasteiger partial charge < -0.3 is 10.2 Å². The topological polar surface area (TPSA) is 71.0 Å². The number of thiophene rings is 1. The second-order valence-corrected chi connectivity index (χ2v) is 9.30. The molecule has 7 heteroatoms. The molecule has 150 valence electrons. The molecule has 2 aliphatic rings. The summed E-state index contributed by atoms with van der Waals surface area (Å²) in [7, 11) is 0. The number of aryl methyl sites for hydroxylation is 1. The van der Waals surface area contributed by atoms with Gasteiger partial charge in [-0.1, -0.05) is 13.0 Å². The Hall–Kier alpha value is -2.54. The van der Waals surface area contributed by atoms with Crippen LogP contribution in [0, 0.1) is 11.8 Å². The third-order valence-corrected chi connectivity index (χ3v) is 7.24. The van der Waals surface area contributed by atoms with Crippen molar-refractivity contribution in [2.24, 2.45) is 11.8 Å². The van der Waals surface area contributed by atoms with Crippen molar-refractivity contribution >= 4 is 39.1 Å². The Balaban J connectivity index is 1.41. The molecule has 0 radical (unpaired) electrons. The van der Waals surface area contributed by atoms with Crippen LogP contribution >= 0.6 is 11.3 Å². The van der Waals surface area contributed by atoms with Crippen molar-refractivity contribution in [3.05, 3.63) is 41.2 Å². The summed E-state index contributed by atoms with van der Waals surface area (Å²) in [4.78, 5) is 31.1. The van der Waals surface area contributed by atoms with Gasteiger partial charge in [0.05, 0.1) is 11.3 Å². The molecule has 3 aromatic rings. The number of piperidine rings is 1. The molecule has 29 heavy (non-hydrogen) atoms. The number of fused-ring (bicyclic) bond motifs is 3. The molecule has 1 aliphatic carbocycles. The van der Waals surface area contributed by atoms with Crippen molar-refractivity contribution < 1.29 is 4.79 Å². The SMILES string of the molecule is C[C@H]1CCc2c(sc3ncnc(N4CCC[C@H](C(=O)Nc5ccccn5)C4)c23)C1. The quantitative estimate of drug-likeness (QED) is 0.709. The fourth-order valence-electron chi connectivity index (χ4n) is 4.55. The Kier molecular flexibility index (Phi) is 4.91. The number of anilines is 2. The second-order valence-electron chi connectivity index (χ2n) is 8.22. The Morgan fingerprint density at radius 1 is 1.24 bits per heavy atom. The summed E-state index contributed by atoms with van der Waals surface area (Å²) >= 11 is 1.83. The molecule has 1 fully saturated rings. The van der Waals surface area contributed by atoms with E-state index in [1.165, 1.54) is 22.2 Å². The highest BCUT2D eigenvalue weighted by molar-refractivity contribution is 7.19. The number of rotatable bonds is 3. The molecule has 0 saturated carbocycles. The van der Waals surface area contributed by atoms with Gasteiger partial charge >= 0.3 is 0 Å². The van der Waals surface area contributed by atoms with Crippen LogP contribution in [0.25, 0.3) is 10.2 Å². The minimum Gasteiger partial charge on any atom is -0.355 e. The molecule has 6 nitrogen and oxygen atoms in total. The Bertz CT molecular complexity index is 1030. The zero-order chi connectivity index (χ0) is 19.8. The molecule has 1 N–H and O–H groups in total. The molecule has 1 aliphatic heterocycles. The fraction of sp³-hybridized carbons (Fsp3) is 0.455. The largest absolute Gasteiger partial charge is 0.355 e. The highest BCUT2D eigenvalue weighted by Crippen LogP contribution is 2.41. The van der Waals surface area contributed by atoms with E-state index in [2.05, 4.69) is 32.1 Å². The average Bonchev–Trinajstić information content (AvgIpc) is 3.12. The first-order valence-electron chi connectivity index (χ1n) is 10.4. The Labute approximate surface area is 174 Å². The molecule has 1 saturated heterocycles. The molecule has 3 aromatic heterocycles. The summed E-state index contributed by atoms with van der Waals surface area (Å²) < 4.78 is 0. The first-order valence-corrected chi connectivity index (χ1v) is 11.2. The zero-order valence-corrected chi connectivity index (χ0v) is 17.4. The van der Waals surface area contributed by atoms with Gasteiger partial charge in [0.25, 0.3) is 0 Å². The van der Waals surface area contributed by atoms with Gasteiger partial charge in [-0.3, -0.25) is 4.79 Å². The minimum absolute atomic E-state index is 0.0415. The van der Waals surface area contributed by atoms with Crippen molar-refractivity contribution in [1.29, 1.82) is 0 Å². The first kappa shape index (κ1) is 18.5. The number of nitrogens with zero attached hydrogens (tertiary/aromatic N) is 4. The number of hydrogen-bond donors (Lipinski definition) is 1. The van der Waals surface area contributed by atoms with Crippen LogP contribution in [-0.4, -0.2) is 33.9 Å². The number of carbonyl (C=O) groups is 1. The van der Waals surface area contributed by atoms with Crippen LogP contribution in [-0.2, 0) is 17.6 Å². The monoisotopic (exact) mass is 407 g/mol. The van der Waals surface area contributed by atoms with Crippen LogP contribution in [0.15, 0.2) is 30.7 Å². The summed E-state index contributed by atoms with van der Waals surface area (Å²) in [6.45, 7) is 3.95. The molecule has 0 aromatic carbocycles. The maximum atomic E-state index is 12.8. The average molecular weight is 408 g/mol. The van der Waals surface area contributed by atoms with Gasteiger partial charge in [-0.05, 0) is 55.7 Å². The molecule has 0 spiro atoms. The van der Waals surface area contributed by atoms with E-state index in [1.54, 1.807) is 12.5 Å². The number of aromatic nitrogens is 3. The summed E-state index contributed by atoms with van der Waals surface area (Å²) in [6.07, 6.45) is 8.72. The van der Waals surface area contributed by atoms with Crippen molar-refractivity contribution in [3.8, 4) is 0 Å². The van der Waals surface area contributed by atoms with Gasteiger partial charge in [0.2, 0.25) is 5.91 Å². The molecule has 0 unspecified atom stereocenters. The fourth-order valence-corrected chi connectivity index (χ4v) is 5.89. The summed E-state index contributed by atoms with van der Waals surface area (Å²) in [6, 6.07) is 5.56. The Morgan fingerprint density at radius 3 is 3.03 bits per heavy atom. The Morgan fingerprint density at radius 2 is 2.17 bits per heavy atom. The lowest BCUT2D eigenvalue weighted by Gasteiger charge is -2.33. The van der Waals surface area contributed by atoms with Crippen LogP contribution in [0.3, 0.4) is 0 Å². The lowest BCUT2D eigenvalue weighted by Crippen LogP contribution is -2.41. The normalized spacial score (nSPS) is 21.8. The molecule has 1 amide bonds. The van der Waals surface area contributed by atoms with E-state index < -0.39 is 0 Å². The lowest BCUT2D eigenvalue weighted by atomic mass is 9.89. The molecule has 2 atom stereocenters. The lowest BCUT2D eigenvalue weighted by molar-refractivity contribution is -0.120. The molecular formula is C22H25N5OS. The maximum absolute atomic E-state index is 12.8. The van der Waals surface area contributed by atoms with Crippen LogP contribution in [0.2, 0.25) is 0 Å².